The van der Waals surface area contributed by atoms with Crippen LogP contribution < -0.4 is 5.73 Å². The molecule has 1 saturated heterocycles. The number of likely N-dealkylation sites (tertiary alicyclic amines) is 1. The second-order valence-corrected chi connectivity index (χ2v) is 5.91. The van der Waals surface area contributed by atoms with E-state index in [2.05, 4.69) is 47.6 Å². The number of para-hydroxylation sites is 2. The molecule has 21 heavy (non-hydrogen) atoms. The fourth-order valence-electron chi connectivity index (χ4n) is 3.39. The fraction of sp³-hybridized carbons (Fsp3) is 0.562. The predicted octanol–water partition coefficient (Wildman–Crippen LogP) is 3.13. The van der Waals surface area contributed by atoms with Gasteiger partial charge in [0.2, 0.25) is 0 Å². The molecule has 1 aromatic carbocycles. The highest BCUT2D eigenvalue weighted by molar-refractivity contribution is 5.85. The molecule has 2 heterocycles. The number of imidazole rings is 1. The Balaban J connectivity index is 0.00000161. The number of nitrogens with zero attached hydrogens (tertiary/aromatic N) is 3. The molecule has 2 N–H and O–H groups in total. The molecule has 0 aliphatic carbocycles. The van der Waals surface area contributed by atoms with E-state index in [1.165, 1.54) is 24.2 Å². The third-order valence-electron chi connectivity index (χ3n) is 4.22. The maximum absolute atomic E-state index is 5.75. The van der Waals surface area contributed by atoms with Gasteiger partial charge in [-0.2, -0.15) is 0 Å². The van der Waals surface area contributed by atoms with Crippen LogP contribution in [0.2, 0.25) is 0 Å². The summed E-state index contributed by atoms with van der Waals surface area (Å²) in [6, 6.07) is 9.30. The first-order chi connectivity index (χ1) is 9.72. The number of fused-ring (bicyclic) bond motifs is 1. The van der Waals surface area contributed by atoms with Crippen molar-refractivity contribution in [2.45, 2.75) is 38.8 Å². The van der Waals surface area contributed by atoms with Crippen LogP contribution in [-0.4, -0.2) is 34.1 Å². The van der Waals surface area contributed by atoms with Gasteiger partial charge in [0.15, 0.2) is 0 Å². The molecular weight excluding hydrogens is 284 g/mol. The van der Waals surface area contributed by atoms with Gasteiger partial charge in [0.05, 0.1) is 17.1 Å². The molecule has 0 spiro atoms. The minimum Gasteiger partial charge on any atom is -0.329 e. The molecule has 1 aromatic heterocycles. The lowest BCUT2D eigenvalue weighted by atomic mass is 10.2. The Morgan fingerprint density at radius 1 is 1.33 bits per heavy atom. The van der Waals surface area contributed by atoms with Crippen molar-refractivity contribution in [1.29, 1.82) is 0 Å². The summed E-state index contributed by atoms with van der Waals surface area (Å²) in [5.41, 5.74) is 8.11. The molecule has 0 radical (unpaired) electrons. The molecule has 0 bridgehead atoms. The third kappa shape index (κ3) is 2.93. The first-order valence-electron chi connectivity index (χ1n) is 7.63. The maximum atomic E-state index is 5.75. The zero-order valence-electron chi connectivity index (χ0n) is 12.8. The molecule has 116 valence electrons. The van der Waals surface area contributed by atoms with Crippen LogP contribution in [0.3, 0.4) is 0 Å². The Labute approximate surface area is 132 Å². The third-order valence-corrected chi connectivity index (χ3v) is 4.22. The lowest BCUT2D eigenvalue weighted by Gasteiger charge is -2.25. The summed E-state index contributed by atoms with van der Waals surface area (Å²) in [7, 11) is 0. The molecule has 2 aromatic rings. The molecule has 1 aliphatic rings. The van der Waals surface area contributed by atoms with E-state index in [1.54, 1.807) is 0 Å². The molecule has 0 amide bonds. The van der Waals surface area contributed by atoms with Crippen molar-refractivity contribution >= 4 is 23.4 Å². The van der Waals surface area contributed by atoms with Gasteiger partial charge in [-0.3, -0.25) is 4.90 Å². The van der Waals surface area contributed by atoms with Crippen LogP contribution in [0, 0.1) is 0 Å². The van der Waals surface area contributed by atoms with Crippen LogP contribution in [-0.2, 0) is 0 Å². The van der Waals surface area contributed by atoms with Crippen LogP contribution >= 0.6 is 12.4 Å². The van der Waals surface area contributed by atoms with Crippen molar-refractivity contribution in [3.8, 4) is 0 Å². The van der Waals surface area contributed by atoms with E-state index in [0.29, 0.717) is 12.1 Å². The summed E-state index contributed by atoms with van der Waals surface area (Å²) in [6.45, 7) is 7.30. The smallest absolute Gasteiger partial charge is 0.127 e. The van der Waals surface area contributed by atoms with Crippen LogP contribution in [0.25, 0.3) is 11.0 Å². The maximum Gasteiger partial charge on any atom is 0.127 e. The number of hydrogen-bond donors (Lipinski definition) is 1. The summed E-state index contributed by atoms with van der Waals surface area (Å²) in [4.78, 5) is 7.42. The number of nitrogens with two attached hydrogens (primary N) is 1. The van der Waals surface area contributed by atoms with Crippen LogP contribution in [0.5, 0.6) is 0 Å². The van der Waals surface area contributed by atoms with E-state index in [0.717, 1.165) is 25.2 Å². The molecule has 5 heteroatoms. The number of benzene rings is 1. The van der Waals surface area contributed by atoms with E-state index in [4.69, 9.17) is 10.7 Å². The van der Waals surface area contributed by atoms with Crippen LogP contribution in [0.1, 0.15) is 44.6 Å². The molecular formula is C16H25ClN4. The molecule has 1 aliphatic heterocycles. The van der Waals surface area contributed by atoms with Gasteiger partial charge in [0.1, 0.15) is 5.82 Å². The summed E-state index contributed by atoms with van der Waals surface area (Å²) < 4.78 is 2.40. The van der Waals surface area contributed by atoms with E-state index in [9.17, 15) is 0 Å². The summed E-state index contributed by atoms with van der Waals surface area (Å²) in [5.74, 6) is 1.21. The summed E-state index contributed by atoms with van der Waals surface area (Å²) in [5, 5.41) is 0. The SMILES string of the molecule is CC(C)n1c(C2CCCN2CCN)nc2ccccc21.Cl. The number of halogens is 1. The average Bonchev–Trinajstić information content (AvgIpc) is 3.01. The molecule has 1 fully saturated rings. The van der Waals surface area contributed by atoms with E-state index in [-0.39, 0.29) is 12.4 Å². The van der Waals surface area contributed by atoms with Crippen molar-refractivity contribution in [3.05, 3.63) is 30.1 Å². The molecule has 1 atom stereocenters. The molecule has 0 saturated carbocycles. The van der Waals surface area contributed by atoms with Gasteiger partial charge in [-0.05, 0) is 45.4 Å². The lowest BCUT2D eigenvalue weighted by molar-refractivity contribution is 0.249. The van der Waals surface area contributed by atoms with Crippen LogP contribution in [0.15, 0.2) is 24.3 Å². The molecule has 1 unspecified atom stereocenters. The van der Waals surface area contributed by atoms with Crippen molar-refractivity contribution in [2.75, 3.05) is 19.6 Å². The lowest BCUT2D eigenvalue weighted by Crippen LogP contribution is -2.30. The van der Waals surface area contributed by atoms with Crippen molar-refractivity contribution in [1.82, 2.24) is 14.5 Å². The molecule has 3 rings (SSSR count). The fourth-order valence-corrected chi connectivity index (χ4v) is 3.39. The minimum atomic E-state index is 0. The summed E-state index contributed by atoms with van der Waals surface area (Å²) >= 11 is 0. The highest BCUT2D eigenvalue weighted by atomic mass is 35.5. The Kier molecular flexibility index (Phi) is 5.25. The Hall–Kier alpha value is -1.10. The van der Waals surface area contributed by atoms with Gasteiger partial charge < -0.3 is 10.3 Å². The van der Waals surface area contributed by atoms with Crippen molar-refractivity contribution in [3.63, 3.8) is 0 Å². The minimum absolute atomic E-state index is 0. The van der Waals surface area contributed by atoms with Gasteiger partial charge in [-0.1, -0.05) is 12.1 Å². The Morgan fingerprint density at radius 3 is 2.81 bits per heavy atom. The van der Waals surface area contributed by atoms with Gasteiger partial charge in [0.25, 0.3) is 0 Å². The molecule has 4 nitrogen and oxygen atoms in total. The van der Waals surface area contributed by atoms with Gasteiger partial charge in [-0.15, -0.1) is 12.4 Å². The quantitative estimate of drug-likeness (QED) is 0.944. The standard InChI is InChI=1S/C16H24N4.ClH/c1-12(2)20-14-7-4-3-6-13(14)18-16(20)15-8-5-10-19(15)11-9-17;/h3-4,6-7,12,15H,5,8-11,17H2,1-2H3;1H. The van der Waals surface area contributed by atoms with Gasteiger partial charge >= 0.3 is 0 Å². The normalized spacial score (nSPS) is 19.3. The highest BCUT2D eigenvalue weighted by Gasteiger charge is 2.30. The van der Waals surface area contributed by atoms with Crippen LogP contribution in [0.4, 0.5) is 0 Å². The Morgan fingerprint density at radius 2 is 2.10 bits per heavy atom. The largest absolute Gasteiger partial charge is 0.329 e. The van der Waals surface area contributed by atoms with Gasteiger partial charge in [-0.25, -0.2) is 4.98 Å². The second kappa shape index (κ2) is 6.77. The first-order valence-corrected chi connectivity index (χ1v) is 7.63. The Bertz CT molecular complexity index is 593. The van der Waals surface area contributed by atoms with Crippen molar-refractivity contribution < 1.29 is 0 Å². The second-order valence-electron chi connectivity index (χ2n) is 5.91. The number of rotatable bonds is 4. The highest BCUT2D eigenvalue weighted by Crippen LogP contribution is 2.34. The zero-order chi connectivity index (χ0) is 14.1. The monoisotopic (exact) mass is 308 g/mol. The van der Waals surface area contributed by atoms with Crippen molar-refractivity contribution in [2.24, 2.45) is 5.73 Å². The van der Waals surface area contributed by atoms with E-state index in [1.807, 2.05) is 0 Å². The number of aromatic nitrogens is 2. The summed E-state index contributed by atoms with van der Waals surface area (Å²) in [6.07, 6.45) is 2.43. The van der Waals surface area contributed by atoms with Gasteiger partial charge in [0, 0.05) is 19.1 Å². The predicted molar refractivity (Wildman–Crippen MR) is 90.0 cm³/mol. The average molecular weight is 309 g/mol. The topological polar surface area (TPSA) is 47.1 Å². The first kappa shape index (κ1) is 16.3. The van der Waals surface area contributed by atoms with E-state index >= 15 is 0 Å². The number of hydrogen-bond acceptors (Lipinski definition) is 3. The van der Waals surface area contributed by atoms with E-state index < -0.39 is 0 Å². The zero-order valence-corrected chi connectivity index (χ0v) is 13.6.